The van der Waals surface area contributed by atoms with E-state index in [2.05, 4.69) is 18.2 Å². The molecule has 1 amide bonds. The Hall–Kier alpha value is -1.39. The topological polar surface area (TPSA) is 55.6 Å². The van der Waals surface area contributed by atoms with Crippen LogP contribution in [0.3, 0.4) is 0 Å². The molecular formula is C16H22N2O2. The fourth-order valence-corrected chi connectivity index (χ4v) is 3.38. The molecule has 1 unspecified atom stereocenters. The first-order valence-corrected chi connectivity index (χ1v) is 7.33. The van der Waals surface area contributed by atoms with Gasteiger partial charge in [-0.25, -0.2) is 0 Å². The molecule has 20 heavy (non-hydrogen) atoms. The Morgan fingerprint density at radius 1 is 1.35 bits per heavy atom. The van der Waals surface area contributed by atoms with Gasteiger partial charge in [0, 0.05) is 20.3 Å². The molecular weight excluding hydrogens is 252 g/mol. The van der Waals surface area contributed by atoms with Crippen molar-refractivity contribution in [3.8, 4) is 0 Å². The van der Waals surface area contributed by atoms with Gasteiger partial charge in [-0.05, 0) is 36.8 Å². The van der Waals surface area contributed by atoms with Gasteiger partial charge in [0.2, 0.25) is 5.91 Å². The van der Waals surface area contributed by atoms with E-state index in [1.54, 1.807) is 0 Å². The Labute approximate surface area is 119 Å². The highest BCUT2D eigenvalue weighted by molar-refractivity contribution is 5.86. The largest absolute Gasteiger partial charge is 0.381 e. The lowest BCUT2D eigenvalue weighted by molar-refractivity contribution is -0.141. The number of benzene rings is 1. The van der Waals surface area contributed by atoms with Crippen molar-refractivity contribution in [1.82, 2.24) is 4.90 Å². The van der Waals surface area contributed by atoms with Gasteiger partial charge in [-0.1, -0.05) is 24.3 Å². The molecule has 0 spiro atoms. The van der Waals surface area contributed by atoms with Crippen LogP contribution in [0.1, 0.15) is 36.4 Å². The lowest BCUT2D eigenvalue weighted by atomic mass is 9.89. The zero-order chi connectivity index (χ0) is 14.2. The first-order chi connectivity index (χ1) is 9.62. The fraction of sp³-hybridized carbons (Fsp3) is 0.562. The number of fused-ring (bicyclic) bond motifs is 1. The molecule has 1 atom stereocenters. The van der Waals surface area contributed by atoms with Crippen LogP contribution in [0.15, 0.2) is 24.3 Å². The molecule has 1 saturated heterocycles. The summed E-state index contributed by atoms with van der Waals surface area (Å²) in [6.45, 7) is 1.16. The van der Waals surface area contributed by atoms with Crippen molar-refractivity contribution in [2.45, 2.75) is 37.3 Å². The predicted molar refractivity (Wildman–Crippen MR) is 77.2 cm³/mol. The molecule has 1 fully saturated rings. The molecule has 4 heteroatoms. The second-order valence-electron chi connectivity index (χ2n) is 5.94. The van der Waals surface area contributed by atoms with E-state index in [0.717, 1.165) is 12.8 Å². The van der Waals surface area contributed by atoms with Gasteiger partial charge < -0.3 is 15.4 Å². The zero-order valence-electron chi connectivity index (χ0n) is 12.0. The first-order valence-electron chi connectivity index (χ1n) is 7.33. The Morgan fingerprint density at radius 2 is 2.05 bits per heavy atom. The Balaban J connectivity index is 1.79. The van der Waals surface area contributed by atoms with Gasteiger partial charge in [-0.3, -0.25) is 4.79 Å². The van der Waals surface area contributed by atoms with Crippen molar-refractivity contribution in [1.29, 1.82) is 0 Å². The molecule has 1 aromatic rings. The Kier molecular flexibility index (Phi) is 3.52. The van der Waals surface area contributed by atoms with Crippen molar-refractivity contribution >= 4 is 5.91 Å². The number of hydrogen-bond donors (Lipinski definition) is 1. The average Bonchev–Trinajstić information content (AvgIpc) is 2.90. The summed E-state index contributed by atoms with van der Waals surface area (Å²) in [4.78, 5) is 14.6. The number of rotatable bonds is 2. The number of ether oxygens (including phenoxy) is 1. The molecule has 0 saturated carbocycles. The number of aryl methyl sites for hydroxylation is 1. The van der Waals surface area contributed by atoms with Gasteiger partial charge in [0.15, 0.2) is 0 Å². The number of carbonyl (C=O) groups is 1. The van der Waals surface area contributed by atoms with E-state index >= 15 is 0 Å². The van der Waals surface area contributed by atoms with E-state index in [1.165, 1.54) is 11.1 Å². The highest BCUT2D eigenvalue weighted by atomic mass is 16.5. The second kappa shape index (κ2) is 5.19. The SMILES string of the molecule is CN(C(=O)C1(N)CCOCC1)C1CCc2ccccc21. The number of nitrogens with two attached hydrogens (primary N) is 1. The Morgan fingerprint density at radius 3 is 2.80 bits per heavy atom. The van der Waals surface area contributed by atoms with Crippen LogP contribution in [0.4, 0.5) is 0 Å². The maximum Gasteiger partial charge on any atom is 0.243 e. The van der Waals surface area contributed by atoms with E-state index in [-0.39, 0.29) is 11.9 Å². The third-order valence-corrected chi connectivity index (χ3v) is 4.70. The summed E-state index contributed by atoms with van der Waals surface area (Å²) < 4.78 is 5.33. The number of amides is 1. The molecule has 0 bridgehead atoms. The summed E-state index contributed by atoms with van der Waals surface area (Å²) in [7, 11) is 1.89. The van der Waals surface area contributed by atoms with Crippen LogP contribution in [0.25, 0.3) is 0 Å². The van der Waals surface area contributed by atoms with E-state index in [9.17, 15) is 4.79 Å². The summed E-state index contributed by atoms with van der Waals surface area (Å²) in [6, 6.07) is 8.56. The Bertz CT molecular complexity index is 509. The van der Waals surface area contributed by atoms with Gasteiger partial charge >= 0.3 is 0 Å². The van der Waals surface area contributed by atoms with Crippen molar-refractivity contribution in [3.63, 3.8) is 0 Å². The standard InChI is InChI=1S/C16H22N2O2/c1-18(15(19)16(17)8-10-20-11-9-16)14-7-6-12-4-2-3-5-13(12)14/h2-5,14H,6-11,17H2,1H3. The molecule has 1 aliphatic carbocycles. The minimum absolute atomic E-state index is 0.0579. The minimum atomic E-state index is -0.746. The van der Waals surface area contributed by atoms with Crippen LogP contribution in [-0.4, -0.2) is 36.6 Å². The maximum absolute atomic E-state index is 12.8. The van der Waals surface area contributed by atoms with Crippen molar-refractivity contribution in [3.05, 3.63) is 35.4 Å². The summed E-state index contributed by atoms with van der Waals surface area (Å²) in [6.07, 6.45) is 3.27. The quantitative estimate of drug-likeness (QED) is 0.892. The molecule has 1 heterocycles. The first kappa shape index (κ1) is 13.6. The third kappa shape index (κ3) is 2.23. The third-order valence-electron chi connectivity index (χ3n) is 4.70. The van der Waals surface area contributed by atoms with E-state index in [4.69, 9.17) is 10.5 Å². The van der Waals surface area contributed by atoms with Gasteiger partial charge in [0.25, 0.3) is 0 Å². The molecule has 0 aromatic heterocycles. The molecule has 108 valence electrons. The van der Waals surface area contributed by atoms with E-state index in [0.29, 0.717) is 26.1 Å². The van der Waals surface area contributed by atoms with Crippen molar-refractivity contribution < 1.29 is 9.53 Å². The molecule has 0 radical (unpaired) electrons. The van der Waals surface area contributed by atoms with E-state index < -0.39 is 5.54 Å². The van der Waals surface area contributed by atoms with Crippen LogP contribution in [-0.2, 0) is 16.0 Å². The number of likely N-dealkylation sites (N-methyl/N-ethyl adjacent to an activating group) is 1. The lowest BCUT2D eigenvalue weighted by Crippen LogP contribution is -2.57. The normalized spacial score (nSPS) is 24.2. The minimum Gasteiger partial charge on any atom is -0.381 e. The summed E-state index contributed by atoms with van der Waals surface area (Å²) in [5, 5.41) is 0. The zero-order valence-corrected chi connectivity index (χ0v) is 12.0. The number of carbonyl (C=O) groups excluding carboxylic acids is 1. The van der Waals surface area contributed by atoms with Crippen LogP contribution in [0.5, 0.6) is 0 Å². The summed E-state index contributed by atoms with van der Waals surface area (Å²) in [5.41, 5.74) is 8.21. The molecule has 4 nitrogen and oxygen atoms in total. The van der Waals surface area contributed by atoms with E-state index in [1.807, 2.05) is 18.0 Å². The monoisotopic (exact) mass is 274 g/mol. The van der Waals surface area contributed by atoms with Crippen molar-refractivity contribution in [2.75, 3.05) is 20.3 Å². The lowest BCUT2D eigenvalue weighted by Gasteiger charge is -2.37. The molecule has 1 aliphatic heterocycles. The van der Waals surface area contributed by atoms with Crippen LogP contribution >= 0.6 is 0 Å². The van der Waals surface area contributed by atoms with Crippen LogP contribution < -0.4 is 5.73 Å². The second-order valence-corrected chi connectivity index (χ2v) is 5.94. The highest BCUT2D eigenvalue weighted by Crippen LogP contribution is 2.36. The van der Waals surface area contributed by atoms with Gasteiger partial charge in [-0.2, -0.15) is 0 Å². The molecule has 2 aliphatic rings. The van der Waals surface area contributed by atoms with Crippen LogP contribution in [0.2, 0.25) is 0 Å². The number of hydrogen-bond acceptors (Lipinski definition) is 3. The van der Waals surface area contributed by atoms with Gasteiger partial charge in [-0.15, -0.1) is 0 Å². The number of nitrogens with zero attached hydrogens (tertiary/aromatic N) is 1. The molecule has 1 aromatic carbocycles. The molecule has 3 rings (SSSR count). The fourth-order valence-electron chi connectivity index (χ4n) is 3.38. The van der Waals surface area contributed by atoms with Crippen molar-refractivity contribution in [2.24, 2.45) is 5.73 Å². The van der Waals surface area contributed by atoms with Crippen LogP contribution in [0, 0.1) is 0 Å². The predicted octanol–water partition coefficient (Wildman–Crippen LogP) is 1.64. The highest BCUT2D eigenvalue weighted by Gasteiger charge is 2.41. The summed E-state index contributed by atoms with van der Waals surface area (Å²) >= 11 is 0. The smallest absolute Gasteiger partial charge is 0.243 e. The van der Waals surface area contributed by atoms with Gasteiger partial charge in [0.1, 0.15) is 0 Å². The molecule has 2 N–H and O–H groups in total. The maximum atomic E-state index is 12.8. The average molecular weight is 274 g/mol. The van der Waals surface area contributed by atoms with Gasteiger partial charge in [0.05, 0.1) is 11.6 Å². The summed E-state index contributed by atoms with van der Waals surface area (Å²) in [5.74, 6) is 0.0579.